The van der Waals surface area contributed by atoms with Crippen molar-refractivity contribution in [1.82, 2.24) is 14.6 Å². The van der Waals surface area contributed by atoms with Crippen molar-refractivity contribution in [2.45, 2.75) is 33.9 Å². The number of hydrogen-bond acceptors (Lipinski definition) is 6. The Kier molecular flexibility index (Phi) is 4.63. The Labute approximate surface area is 119 Å². The molecule has 0 aliphatic heterocycles. The Bertz CT molecular complexity index is 687. The van der Waals surface area contributed by atoms with E-state index in [9.17, 15) is 24.5 Å². The molecule has 21 heavy (non-hydrogen) atoms. The zero-order chi connectivity index (χ0) is 16.4. The number of aryl methyl sites for hydroxylation is 1. The molecule has 116 valence electrons. The monoisotopic (exact) mass is 299 g/mol. The second-order valence-electron chi connectivity index (χ2n) is 5.09. The average Bonchev–Trinajstić information content (AvgIpc) is 2.42. The lowest BCUT2D eigenvalue weighted by Gasteiger charge is -2.22. The van der Waals surface area contributed by atoms with Gasteiger partial charge < -0.3 is 0 Å². The van der Waals surface area contributed by atoms with E-state index in [2.05, 4.69) is 0 Å². The molecule has 0 spiro atoms. The van der Waals surface area contributed by atoms with Crippen molar-refractivity contribution in [2.75, 3.05) is 0 Å². The SMILES string of the molecule is CCn1cc([N+](=O)[O-])c(=O)n(CC(C)(C)C(=O)NN)c1=O. The van der Waals surface area contributed by atoms with Crippen molar-refractivity contribution in [3.05, 3.63) is 37.1 Å². The first-order valence-electron chi connectivity index (χ1n) is 6.15. The molecule has 0 aromatic carbocycles. The van der Waals surface area contributed by atoms with Gasteiger partial charge in [-0.05, 0) is 20.8 Å². The first-order chi connectivity index (χ1) is 9.65. The maximum atomic E-state index is 12.1. The molecule has 1 rings (SSSR count). The van der Waals surface area contributed by atoms with Crippen molar-refractivity contribution in [3.8, 4) is 0 Å². The highest BCUT2D eigenvalue weighted by Gasteiger charge is 2.31. The number of nitrogens with zero attached hydrogens (tertiary/aromatic N) is 3. The summed E-state index contributed by atoms with van der Waals surface area (Å²) in [5.41, 5.74) is -1.74. The summed E-state index contributed by atoms with van der Waals surface area (Å²) in [6, 6.07) is 0. The fourth-order valence-electron chi connectivity index (χ4n) is 1.79. The van der Waals surface area contributed by atoms with Gasteiger partial charge in [0.1, 0.15) is 0 Å². The van der Waals surface area contributed by atoms with E-state index in [1.807, 2.05) is 5.43 Å². The summed E-state index contributed by atoms with van der Waals surface area (Å²) in [5, 5.41) is 10.9. The van der Waals surface area contributed by atoms with Crippen LogP contribution in [0, 0.1) is 15.5 Å². The van der Waals surface area contributed by atoms with Gasteiger partial charge in [0.2, 0.25) is 5.91 Å². The fraction of sp³-hybridized carbons (Fsp3) is 0.545. The second kappa shape index (κ2) is 5.87. The van der Waals surface area contributed by atoms with Crippen LogP contribution in [0.5, 0.6) is 0 Å². The van der Waals surface area contributed by atoms with E-state index in [4.69, 9.17) is 5.84 Å². The van der Waals surface area contributed by atoms with Gasteiger partial charge in [-0.1, -0.05) is 0 Å². The van der Waals surface area contributed by atoms with Crippen LogP contribution in [0.25, 0.3) is 0 Å². The zero-order valence-corrected chi connectivity index (χ0v) is 12.0. The van der Waals surface area contributed by atoms with Crippen molar-refractivity contribution >= 4 is 11.6 Å². The van der Waals surface area contributed by atoms with E-state index in [0.29, 0.717) is 4.57 Å². The van der Waals surface area contributed by atoms with E-state index in [-0.39, 0.29) is 13.1 Å². The number of carbonyl (C=O) groups excluding carboxylic acids is 1. The minimum absolute atomic E-state index is 0.156. The fourth-order valence-corrected chi connectivity index (χ4v) is 1.79. The number of nitro groups is 1. The highest BCUT2D eigenvalue weighted by Crippen LogP contribution is 2.16. The Hall–Kier alpha value is -2.49. The molecule has 1 heterocycles. The quantitative estimate of drug-likeness (QED) is 0.307. The Balaban J connectivity index is 3.52. The van der Waals surface area contributed by atoms with Crippen LogP contribution in [-0.2, 0) is 17.9 Å². The van der Waals surface area contributed by atoms with Crippen molar-refractivity contribution in [3.63, 3.8) is 0 Å². The number of nitrogens with two attached hydrogens (primary N) is 1. The highest BCUT2D eigenvalue weighted by atomic mass is 16.6. The molecule has 1 aromatic heterocycles. The molecular formula is C11H17N5O5. The van der Waals surface area contributed by atoms with Crippen LogP contribution >= 0.6 is 0 Å². The third-order valence-electron chi connectivity index (χ3n) is 3.06. The van der Waals surface area contributed by atoms with E-state index < -0.39 is 33.2 Å². The molecule has 10 heteroatoms. The summed E-state index contributed by atoms with van der Waals surface area (Å²) in [6.45, 7) is 4.38. The largest absolute Gasteiger partial charge is 0.350 e. The molecule has 0 aliphatic carbocycles. The predicted molar refractivity (Wildman–Crippen MR) is 73.4 cm³/mol. The molecule has 1 amide bonds. The maximum Gasteiger partial charge on any atom is 0.350 e. The molecule has 0 unspecified atom stereocenters. The van der Waals surface area contributed by atoms with Gasteiger partial charge in [-0.2, -0.15) is 0 Å². The summed E-state index contributed by atoms with van der Waals surface area (Å²) in [5.74, 6) is 4.45. The summed E-state index contributed by atoms with van der Waals surface area (Å²) in [6.07, 6.45) is 0.900. The lowest BCUT2D eigenvalue weighted by Crippen LogP contribution is -2.48. The van der Waals surface area contributed by atoms with Crippen LogP contribution in [0.3, 0.4) is 0 Å². The average molecular weight is 299 g/mol. The van der Waals surface area contributed by atoms with Gasteiger partial charge in [0.25, 0.3) is 0 Å². The van der Waals surface area contributed by atoms with Crippen LogP contribution in [0.4, 0.5) is 5.69 Å². The van der Waals surface area contributed by atoms with Crippen molar-refractivity contribution in [2.24, 2.45) is 11.3 Å². The number of rotatable bonds is 5. The van der Waals surface area contributed by atoms with Gasteiger partial charge in [0, 0.05) is 13.1 Å². The highest BCUT2D eigenvalue weighted by molar-refractivity contribution is 5.81. The van der Waals surface area contributed by atoms with E-state index in [0.717, 1.165) is 10.8 Å². The standard InChI is InChI=1S/C11H17N5O5/c1-4-14-5-7(16(20)21)8(17)15(10(14)19)6-11(2,3)9(18)13-12/h5H,4,6,12H2,1-3H3,(H,13,18). The van der Waals surface area contributed by atoms with Crippen LogP contribution in [0.15, 0.2) is 15.8 Å². The summed E-state index contributed by atoms with van der Waals surface area (Å²) >= 11 is 0. The topological polar surface area (TPSA) is 142 Å². The van der Waals surface area contributed by atoms with Crippen LogP contribution in [0.1, 0.15) is 20.8 Å². The Morgan fingerprint density at radius 1 is 1.48 bits per heavy atom. The molecule has 0 atom stereocenters. The van der Waals surface area contributed by atoms with E-state index in [1.165, 1.54) is 13.8 Å². The number of carbonyl (C=O) groups is 1. The van der Waals surface area contributed by atoms with Gasteiger partial charge in [-0.3, -0.25) is 34.3 Å². The molecular weight excluding hydrogens is 282 g/mol. The van der Waals surface area contributed by atoms with Crippen molar-refractivity contribution < 1.29 is 9.72 Å². The van der Waals surface area contributed by atoms with Crippen LogP contribution < -0.4 is 22.5 Å². The Morgan fingerprint density at radius 2 is 2.05 bits per heavy atom. The normalized spacial score (nSPS) is 11.2. The lowest BCUT2D eigenvalue weighted by atomic mass is 9.92. The molecule has 0 radical (unpaired) electrons. The summed E-state index contributed by atoms with van der Waals surface area (Å²) < 4.78 is 1.72. The number of hydrogen-bond donors (Lipinski definition) is 2. The van der Waals surface area contributed by atoms with Gasteiger partial charge in [0.05, 0.1) is 16.5 Å². The summed E-state index contributed by atoms with van der Waals surface area (Å²) in [4.78, 5) is 45.8. The van der Waals surface area contributed by atoms with Gasteiger partial charge in [-0.25, -0.2) is 10.6 Å². The number of amides is 1. The second-order valence-corrected chi connectivity index (χ2v) is 5.09. The predicted octanol–water partition coefficient (Wildman–Crippen LogP) is -1.05. The molecule has 0 aliphatic rings. The zero-order valence-electron chi connectivity index (χ0n) is 12.0. The van der Waals surface area contributed by atoms with E-state index in [1.54, 1.807) is 6.92 Å². The van der Waals surface area contributed by atoms with Gasteiger partial charge >= 0.3 is 16.9 Å². The molecule has 1 aromatic rings. The lowest BCUT2D eigenvalue weighted by molar-refractivity contribution is -0.387. The van der Waals surface area contributed by atoms with Crippen LogP contribution in [0.2, 0.25) is 0 Å². The van der Waals surface area contributed by atoms with Gasteiger partial charge in [-0.15, -0.1) is 0 Å². The van der Waals surface area contributed by atoms with Crippen molar-refractivity contribution in [1.29, 1.82) is 0 Å². The Morgan fingerprint density at radius 3 is 2.48 bits per heavy atom. The first-order valence-corrected chi connectivity index (χ1v) is 6.15. The molecule has 0 fully saturated rings. The molecule has 0 saturated carbocycles. The summed E-state index contributed by atoms with van der Waals surface area (Å²) in [7, 11) is 0. The van der Waals surface area contributed by atoms with Gasteiger partial charge in [0.15, 0.2) is 0 Å². The molecule has 0 bridgehead atoms. The number of hydrazine groups is 1. The first kappa shape index (κ1) is 16.6. The van der Waals surface area contributed by atoms with E-state index >= 15 is 0 Å². The molecule has 3 N–H and O–H groups in total. The third kappa shape index (κ3) is 3.16. The minimum atomic E-state index is -1.18. The molecule has 0 saturated heterocycles. The third-order valence-corrected chi connectivity index (χ3v) is 3.06. The number of aromatic nitrogens is 2. The number of nitrogens with one attached hydrogen (secondary N) is 1. The minimum Gasteiger partial charge on any atom is -0.294 e. The molecule has 10 nitrogen and oxygen atoms in total. The smallest absolute Gasteiger partial charge is 0.294 e. The van der Waals surface area contributed by atoms with Crippen LogP contribution in [-0.4, -0.2) is 20.0 Å². The maximum absolute atomic E-state index is 12.1.